The van der Waals surface area contributed by atoms with E-state index in [2.05, 4.69) is 10.3 Å². The summed E-state index contributed by atoms with van der Waals surface area (Å²) in [5.74, 6) is 0.192. The number of ketones is 1. The molecule has 1 aromatic carbocycles. The average molecular weight is 496 g/mol. The SMILES string of the molecule is C.CC(C)C[C@H](NC(=O)c1ccc(-c2cnco2)cc1)C(=O)N1CC[C@H]2OCC(=O)[C@H]21.S.S. The van der Waals surface area contributed by atoms with E-state index in [1.54, 1.807) is 35.4 Å². The Bertz CT molecular complexity index is 934. The molecule has 2 amide bonds. The Morgan fingerprint density at radius 2 is 1.91 bits per heavy atom. The van der Waals surface area contributed by atoms with Gasteiger partial charge in [0.15, 0.2) is 17.9 Å². The quantitative estimate of drug-likeness (QED) is 0.661. The Kier molecular flexibility index (Phi) is 10.7. The standard InChI is InChI=1S/C22H25N3O5.CH4.2H2S/c1-13(2)9-16(22(28)25-8-7-18-20(25)17(26)11-29-18)24-21(27)15-5-3-14(4-6-15)19-10-23-12-30-19;;;/h3-6,10,12-13,16,18,20H,7-9,11H2,1-2H3,(H,24,27);1H4;2*1H2/t16-,18+,20+;;;/m0.../s1. The lowest BCUT2D eigenvalue weighted by Crippen LogP contribution is -2.52. The minimum absolute atomic E-state index is 0. The summed E-state index contributed by atoms with van der Waals surface area (Å²) in [4.78, 5) is 43.7. The smallest absolute Gasteiger partial charge is 0.251 e. The van der Waals surface area contributed by atoms with E-state index in [1.165, 1.54) is 6.39 Å². The van der Waals surface area contributed by atoms with Crippen molar-refractivity contribution < 1.29 is 23.5 Å². The molecular formula is C23H33N3O5S2. The number of amides is 2. The molecule has 2 fully saturated rings. The van der Waals surface area contributed by atoms with Crippen molar-refractivity contribution in [2.75, 3.05) is 13.2 Å². The number of aromatic nitrogens is 1. The highest BCUT2D eigenvalue weighted by atomic mass is 32.1. The van der Waals surface area contributed by atoms with Crippen LogP contribution in [0.4, 0.5) is 0 Å². The van der Waals surface area contributed by atoms with Crippen LogP contribution in [0.1, 0.15) is 44.5 Å². The Labute approximate surface area is 208 Å². The maximum Gasteiger partial charge on any atom is 0.251 e. The van der Waals surface area contributed by atoms with E-state index in [4.69, 9.17) is 9.15 Å². The van der Waals surface area contributed by atoms with Crippen LogP contribution in [0.3, 0.4) is 0 Å². The third-order valence-corrected chi connectivity index (χ3v) is 5.57. The van der Waals surface area contributed by atoms with Gasteiger partial charge < -0.3 is 19.4 Å². The van der Waals surface area contributed by atoms with Gasteiger partial charge in [0, 0.05) is 17.7 Å². The summed E-state index contributed by atoms with van der Waals surface area (Å²) in [5.41, 5.74) is 1.25. The van der Waals surface area contributed by atoms with Gasteiger partial charge in [0.05, 0.1) is 12.3 Å². The van der Waals surface area contributed by atoms with Crippen LogP contribution in [0.5, 0.6) is 0 Å². The number of benzene rings is 1. The number of ether oxygens (including phenoxy) is 1. The van der Waals surface area contributed by atoms with Crippen LogP contribution in [0.2, 0.25) is 0 Å². The number of hydrogen-bond acceptors (Lipinski definition) is 6. The van der Waals surface area contributed by atoms with E-state index in [-0.39, 0.29) is 70.6 Å². The van der Waals surface area contributed by atoms with Crippen molar-refractivity contribution in [1.29, 1.82) is 0 Å². The molecule has 0 unspecified atom stereocenters. The molecule has 2 aromatic rings. The largest absolute Gasteiger partial charge is 0.444 e. The second-order valence-corrected chi connectivity index (χ2v) is 8.18. The van der Waals surface area contributed by atoms with Crippen molar-refractivity contribution >= 4 is 44.6 Å². The molecule has 2 aliphatic rings. The van der Waals surface area contributed by atoms with Gasteiger partial charge in [-0.3, -0.25) is 14.4 Å². The monoisotopic (exact) mass is 495 g/mol. The van der Waals surface area contributed by atoms with Crippen LogP contribution in [0.25, 0.3) is 11.3 Å². The zero-order valence-electron chi connectivity index (χ0n) is 18.0. The minimum Gasteiger partial charge on any atom is -0.444 e. The summed E-state index contributed by atoms with van der Waals surface area (Å²) in [6.45, 7) is 4.51. The lowest BCUT2D eigenvalue weighted by Gasteiger charge is -2.28. The van der Waals surface area contributed by atoms with Crippen molar-refractivity contribution in [2.45, 2.75) is 52.3 Å². The Morgan fingerprint density at radius 3 is 2.52 bits per heavy atom. The fourth-order valence-corrected chi connectivity index (χ4v) is 4.12. The second-order valence-electron chi connectivity index (χ2n) is 8.18. The summed E-state index contributed by atoms with van der Waals surface area (Å²) >= 11 is 0. The van der Waals surface area contributed by atoms with Gasteiger partial charge in [0.1, 0.15) is 18.7 Å². The fourth-order valence-electron chi connectivity index (χ4n) is 4.12. The van der Waals surface area contributed by atoms with Crippen molar-refractivity contribution in [2.24, 2.45) is 5.92 Å². The second kappa shape index (κ2) is 12.2. The summed E-state index contributed by atoms with van der Waals surface area (Å²) in [5, 5.41) is 2.87. The van der Waals surface area contributed by atoms with E-state index in [0.29, 0.717) is 30.7 Å². The van der Waals surface area contributed by atoms with Crippen molar-refractivity contribution in [3.05, 3.63) is 42.4 Å². The molecule has 0 radical (unpaired) electrons. The number of hydrogen-bond donors (Lipinski definition) is 1. The van der Waals surface area contributed by atoms with Crippen LogP contribution in [-0.2, 0) is 14.3 Å². The van der Waals surface area contributed by atoms with Crippen LogP contribution in [0, 0.1) is 5.92 Å². The third-order valence-electron chi connectivity index (χ3n) is 5.57. The summed E-state index contributed by atoms with van der Waals surface area (Å²) in [6.07, 6.45) is 3.86. The van der Waals surface area contributed by atoms with E-state index >= 15 is 0 Å². The zero-order valence-corrected chi connectivity index (χ0v) is 20.0. The number of rotatable bonds is 6. The molecule has 2 saturated heterocycles. The third kappa shape index (κ3) is 6.18. The number of nitrogens with one attached hydrogen (secondary N) is 1. The summed E-state index contributed by atoms with van der Waals surface area (Å²) in [6, 6.07) is 5.70. The molecule has 0 aliphatic carbocycles. The van der Waals surface area contributed by atoms with Crippen molar-refractivity contribution in [1.82, 2.24) is 15.2 Å². The van der Waals surface area contributed by atoms with Gasteiger partial charge in [-0.2, -0.15) is 27.0 Å². The molecule has 0 bridgehead atoms. The number of carbonyl (C=O) groups is 3. The van der Waals surface area contributed by atoms with Gasteiger partial charge in [0.2, 0.25) is 5.91 Å². The first-order chi connectivity index (χ1) is 14.4. The number of oxazole rings is 1. The molecule has 3 atom stereocenters. The van der Waals surface area contributed by atoms with Gasteiger partial charge in [-0.05, 0) is 30.9 Å². The Hall–Kier alpha value is -2.30. The van der Waals surface area contributed by atoms with Gasteiger partial charge in [-0.1, -0.05) is 33.4 Å². The molecule has 33 heavy (non-hydrogen) atoms. The zero-order chi connectivity index (χ0) is 21.3. The van der Waals surface area contributed by atoms with E-state index < -0.39 is 12.1 Å². The molecule has 3 heterocycles. The molecule has 4 rings (SSSR count). The molecule has 2 aliphatic heterocycles. The first kappa shape index (κ1) is 28.7. The molecule has 1 N–H and O–H groups in total. The maximum atomic E-state index is 13.2. The predicted molar refractivity (Wildman–Crippen MR) is 135 cm³/mol. The van der Waals surface area contributed by atoms with E-state index in [0.717, 1.165) is 5.56 Å². The minimum atomic E-state index is -0.696. The lowest BCUT2D eigenvalue weighted by molar-refractivity contribution is -0.138. The highest BCUT2D eigenvalue weighted by Gasteiger charge is 2.48. The van der Waals surface area contributed by atoms with Gasteiger partial charge in [0.25, 0.3) is 5.91 Å². The summed E-state index contributed by atoms with van der Waals surface area (Å²) in [7, 11) is 0. The van der Waals surface area contributed by atoms with E-state index in [9.17, 15) is 14.4 Å². The highest BCUT2D eigenvalue weighted by molar-refractivity contribution is 7.59. The molecule has 1 aromatic heterocycles. The normalized spacial score (nSPS) is 19.7. The Balaban J connectivity index is 0.00000181. The predicted octanol–water partition coefficient (Wildman–Crippen LogP) is 2.92. The average Bonchev–Trinajstić information content (AvgIpc) is 3.46. The summed E-state index contributed by atoms with van der Waals surface area (Å²) < 4.78 is 10.7. The van der Waals surface area contributed by atoms with Crippen molar-refractivity contribution in [3.8, 4) is 11.3 Å². The van der Waals surface area contributed by atoms with Gasteiger partial charge in [-0.15, -0.1) is 0 Å². The highest BCUT2D eigenvalue weighted by Crippen LogP contribution is 2.28. The Morgan fingerprint density at radius 1 is 1.21 bits per heavy atom. The number of Topliss-reactive ketones (excluding diaryl/α,β-unsaturated/α-hetero) is 1. The topological polar surface area (TPSA) is 102 Å². The number of likely N-dealkylation sites (tertiary alicyclic amines) is 1. The van der Waals surface area contributed by atoms with Gasteiger partial charge >= 0.3 is 0 Å². The number of fused-ring (bicyclic) bond motifs is 1. The van der Waals surface area contributed by atoms with Crippen LogP contribution >= 0.6 is 27.0 Å². The van der Waals surface area contributed by atoms with E-state index in [1.807, 2.05) is 13.8 Å². The van der Waals surface area contributed by atoms with Crippen LogP contribution in [-0.4, -0.2) is 58.8 Å². The molecule has 10 heteroatoms. The van der Waals surface area contributed by atoms with Crippen LogP contribution < -0.4 is 5.32 Å². The number of nitrogens with zero attached hydrogens (tertiary/aromatic N) is 2. The van der Waals surface area contributed by atoms with Gasteiger partial charge in [-0.25, -0.2) is 4.98 Å². The molecule has 0 spiro atoms. The lowest BCUT2D eigenvalue weighted by atomic mass is 10.0. The maximum absolute atomic E-state index is 13.2. The first-order valence-electron chi connectivity index (χ1n) is 10.2. The number of carbonyl (C=O) groups excluding carboxylic acids is 3. The van der Waals surface area contributed by atoms with Crippen molar-refractivity contribution in [3.63, 3.8) is 0 Å². The molecule has 8 nitrogen and oxygen atoms in total. The molecular weight excluding hydrogens is 462 g/mol. The molecule has 0 saturated carbocycles. The fraction of sp³-hybridized carbons (Fsp3) is 0.478. The van der Waals surface area contributed by atoms with Crippen LogP contribution in [0.15, 0.2) is 41.3 Å². The first-order valence-corrected chi connectivity index (χ1v) is 10.2. The molecule has 182 valence electrons.